The zero-order chi connectivity index (χ0) is 16.5. The van der Waals surface area contributed by atoms with Crippen molar-refractivity contribution in [2.24, 2.45) is 0 Å². The van der Waals surface area contributed by atoms with Gasteiger partial charge in [0.25, 0.3) is 0 Å². The summed E-state index contributed by atoms with van der Waals surface area (Å²) in [5.41, 5.74) is 4.65. The molecule has 23 heavy (non-hydrogen) atoms. The lowest BCUT2D eigenvalue weighted by molar-refractivity contribution is -0.126. The molecule has 7 heteroatoms. The number of amides is 2. The fourth-order valence-electron chi connectivity index (χ4n) is 1.58. The Labute approximate surface area is 142 Å². The van der Waals surface area contributed by atoms with Crippen LogP contribution in [0.5, 0.6) is 0 Å². The van der Waals surface area contributed by atoms with Crippen molar-refractivity contribution in [1.82, 2.24) is 10.9 Å². The molecule has 0 saturated heterocycles. The van der Waals surface area contributed by atoms with Crippen LogP contribution in [0, 0.1) is 5.82 Å². The normalized spacial score (nSPS) is 10.1. The average Bonchev–Trinajstić information content (AvgIpc) is 2.58. The SMILES string of the molecule is O=C(CSc1ccccc1)NNC(=O)CSc1ccccc1F. The fourth-order valence-corrected chi connectivity index (χ4v) is 3.04. The Morgan fingerprint density at radius 1 is 0.826 bits per heavy atom. The van der Waals surface area contributed by atoms with Gasteiger partial charge in [-0.15, -0.1) is 23.5 Å². The van der Waals surface area contributed by atoms with Crippen LogP contribution in [-0.2, 0) is 9.59 Å². The number of hydrogen-bond donors (Lipinski definition) is 2. The second-order valence-electron chi connectivity index (χ2n) is 4.42. The van der Waals surface area contributed by atoms with E-state index in [1.165, 1.54) is 17.8 Å². The molecule has 0 atom stereocenters. The molecule has 2 amide bonds. The van der Waals surface area contributed by atoms with Crippen molar-refractivity contribution in [3.05, 3.63) is 60.4 Å². The van der Waals surface area contributed by atoms with Crippen LogP contribution >= 0.6 is 23.5 Å². The number of benzene rings is 2. The van der Waals surface area contributed by atoms with E-state index in [0.717, 1.165) is 16.7 Å². The highest BCUT2D eigenvalue weighted by Gasteiger charge is 2.08. The maximum atomic E-state index is 13.4. The molecule has 0 fully saturated rings. The molecule has 0 radical (unpaired) electrons. The quantitative estimate of drug-likeness (QED) is 0.621. The van der Waals surface area contributed by atoms with Gasteiger partial charge < -0.3 is 0 Å². The van der Waals surface area contributed by atoms with Crippen LogP contribution in [0.2, 0.25) is 0 Å². The summed E-state index contributed by atoms with van der Waals surface area (Å²) in [4.78, 5) is 24.6. The summed E-state index contributed by atoms with van der Waals surface area (Å²) in [6, 6.07) is 15.7. The first kappa shape index (κ1) is 17.4. The molecule has 0 aliphatic rings. The molecule has 2 aromatic rings. The Hall–Kier alpha value is -1.99. The number of thioether (sulfide) groups is 2. The van der Waals surface area contributed by atoms with Crippen molar-refractivity contribution in [1.29, 1.82) is 0 Å². The molecule has 2 rings (SSSR count). The number of rotatable bonds is 6. The van der Waals surface area contributed by atoms with E-state index < -0.39 is 5.91 Å². The molecule has 0 heterocycles. The first-order valence-corrected chi connectivity index (χ1v) is 8.75. The maximum Gasteiger partial charge on any atom is 0.248 e. The molecule has 0 aliphatic carbocycles. The minimum absolute atomic E-state index is 0.0209. The Balaban J connectivity index is 1.66. The monoisotopic (exact) mass is 350 g/mol. The van der Waals surface area contributed by atoms with E-state index in [-0.39, 0.29) is 23.2 Å². The van der Waals surface area contributed by atoms with E-state index in [9.17, 15) is 14.0 Å². The van der Waals surface area contributed by atoms with Gasteiger partial charge in [0.2, 0.25) is 11.8 Å². The van der Waals surface area contributed by atoms with E-state index in [0.29, 0.717) is 4.90 Å². The number of nitrogens with one attached hydrogen (secondary N) is 2. The van der Waals surface area contributed by atoms with Gasteiger partial charge in [-0.05, 0) is 24.3 Å². The first-order chi connectivity index (χ1) is 11.1. The first-order valence-electron chi connectivity index (χ1n) is 6.78. The molecule has 4 nitrogen and oxygen atoms in total. The average molecular weight is 350 g/mol. The van der Waals surface area contributed by atoms with E-state index in [1.807, 2.05) is 30.3 Å². The summed E-state index contributed by atoms with van der Waals surface area (Å²) in [6.45, 7) is 0. The van der Waals surface area contributed by atoms with Crippen LogP contribution in [0.3, 0.4) is 0 Å². The minimum atomic E-state index is -0.392. The van der Waals surface area contributed by atoms with Crippen LogP contribution in [0.1, 0.15) is 0 Å². The molecule has 0 aliphatic heterocycles. The van der Waals surface area contributed by atoms with Gasteiger partial charge in [-0.2, -0.15) is 0 Å². The van der Waals surface area contributed by atoms with Gasteiger partial charge >= 0.3 is 0 Å². The summed E-state index contributed by atoms with van der Waals surface area (Å²) in [5, 5.41) is 0. The standard InChI is InChI=1S/C16H15FN2O2S2/c17-13-8-4-5-9-14(13)23-11-16(21)19-18-15(20)10-22-12-6-2-1-3-7-12/h1-9H,10-11H2,(H,18,20)(H,19,21). The Morgan fingerprint density at radius 3 is 2.04 bits per heavy atom. The van der Waals surface area contributed by atoms with Gasteiger partial charge in [-0.25, -0.2) is 4.39 Å². The number of hydrazine groups is 1. The molecular weight excluding hydrogens is 335 g/mol. The Bertz CT molecular complexity index is 668. The third kappa shape index (κ3) is 6.33. The number of carbonyl (C=O) groups excluding carboxylic acids is 2. The van der Waals surface area contributed by atoms with Gasteiger partial charge in [0, 0.05) is 9.79 Å². The van der Waals surface area contributed by atoms with Crippen molar-refractivity contribution >= 4 is 35.3 Å². The van der Waals surface area contributed by atoms with Crippen LogP contribution in [0.15, 0.2) is 64.4 Å². The Morgan fingerprint density at radius 2 is 1.39 bits per heavy atom. The third-order valence-electron chi connectivity index (χ3n) is 2.65. The third-order valence-corrected chi connectivity index (χ3v) is 4.71. The van der Waals surface area contributed by atoms with Crippen molar-refractivity contribution in [2.75, 3.05) is 11.5 Å². The summed E-state index contributed by atoms with van der Waals surface area (Å²) in [5.74, 6) is -0.842. The van der Waals surface area contributed by atoms with Crippen LogP contribution in [0.4, 0.5) is 4.39 Å². The summed E-state index contributed by atoms with van der Waals surface area (Å²) < 4.78 is 13.4. The number of hydrogen-bond acceptors (Lipinski definition) is 4. The second kappa shape index (κ2) is 9.22. The van der Waals surface area contributed by atoms with Crippen LogP contribution in [0.25, 0.3) is 0 Å². The molecule has 0 saturated carbocycles. The van der Waals surface area contributed by atoms with E-state index in [4.69, 9.17) is 0 Å². The van der Waals surface area contributed by atoms with Gasteiger partial charge in [0.1, 0.15) is 5.82 Å². The summed E-state index contributed by atoms with van der Waals surface area (Å²) in [7, 11) is 0. The van der Waals surface area contributed by atoms with Crippen LogP contribution in [-0.4, -0.2) is 23.3 Å². The lowest BCUT2D eigenvalue weighted by atomic mass is 10.3. The highest BCUT2D eigenvalue weighted by molar-refractivity contribution is 8.00. The summed E-state index contributed by atoms with van der Waals surface area (Å²) >= 11 is 2.45. The van der Waals surface area contributed by atoms with E-state index >= 15 is 0 Å². The minimum Gasteiger partial charge on any atom is -0.272 e. The maximum absolute atomic E-state index is 13.4. The molecule has 0 bridgehead atoms. The molecule has 0 unspecified atom stereocenters. The highest BCUT2D eigenvalue weighted by Crippen LogP contribution is 2.20. The van der Waals surface area contributed by atoms with Gasteiger partial charge in [-0.3, -0.25) is 20.4 Å². The number of carbonyl (C=O) groups is 2. The topological polar surface area (TPSA) is 58.2 Å². The lowest BCUT2D eigenvalue weighted by Gasteiger charge is -2.07. The molecule has 0 spiro atoms. The lowest BCUT2D eigenvalue weighted by Crippen LogP contribution is -2.43. The van der Waals surface area contributed by atoms with Gasteiger partial charge in [0.15, 0.2) is 0 Å². The van der Waals surface area contributed by atoms with Crippen molar-refractivity contribution in [3.8, 4) is 0 Å². The molecule has 2 aromatic carbocycles. The van der Waals surface area contributed by atoms with E-state index in [1.54, 1.807) is 18.2 Å². The van der Waals surface area contributed by atoms with Crippen molar-refractivity contribution in [3.63, 3.8) is 0 Å². The number of halogens is 1. The zero-order valence-corrected chi connectivity index (χ0v) is 13.8. The molecule has 0 aromatic heterocycles. The Kier molecular flexibility index (Phi) is 6.96. The fraction of sp³-hybridized carbons (Fsp3) is 0.125. The molecular formula is C16H15FN2O2S2. The van der Waals surface area contributed by atoms with E-state index in [2.05, 4.69) is 10.9 Å². The predicted molar refractivity (Wildman–Crippen MR) is 90.6 cm³/mol. The van der Waals surface area contributed by atoms with Gasteiger partial charge in [-0.1, -0.05) is 30.3 Å². The predicted octanol–water partition coefficient (Wildman–Crippen LogP) is 2.86. The van der Waals surface area contributed by atoms with Crippen molar-refractivity contribution in [2.45, 2.75) is 9.79 Å². The van der Waals surface area contributed by atoms with Gasteiger partial charge in [0.05, 0.1) is 11.5 Å². The highest BCUT2D eigenvalue weighted by atomic mass is 32.2. The second-order valence-corrected chi connectivity index (χ2v) is 6.48. The molecule has 120 valence electrons. The smallest absolute Gasteiger partial charge is 0.248 e. The largest absolute Gasteiger partial charge is 0.272 e. The zero-order valence-electron chi connectivity index (χ0n) is 12.1. The summed E-state index contributed by atoms with van der Waals surface area (Å²) in [6.07, 6.45) is 0. The van der Waals surface area contributed by atoms with Crippen molar-refractivity contribution < 1.29 is 14.0 Å². The molecule has 2 N–H and O–H groups in total. The van der Waals surface area contributed by atoms with Crippen LogP contribution < -0.4 is 10.9 Å².